The van der Waals surface area contributed by atoms with Crippen LogP contribution in [0.2, 0.25) is 0 Å². The van der Waals surface area contributed by atoms with Crippen molar-refractivity contribution in [1.82, 2.24) is 9.97 Å². The van der Waals surface area contributed by atoms with E-state index < -0.39 is 0 Å². The van der Waals surface area contributed by atoms with E-state index in [1.165, 1.54) is 0 Å². The predicted octanol–water partition coefficient (Wildman–Crippen LogP) is 12.8. The van der Waals surface area contributed by atoms with E-state index in [2.05, 4.69) is 95.6 Å². The van der Waals surface area contributed by atoms with Gasteiger partial charge in [0, 0.05) is 21.5 Å². The fourth-order valence-corrected chi connectivity index (χ4v) is 6.71. The van der Waals surface area contributed by atoms with Gasteiger partial charge in [0.1, 0.15) is 11.5 Å². The highest BCUT2D eigenvalue weighted by molar-refractivity contribution is 6.10. The second-order valence-corrected chi connectivity index (χ2v) is 12.7. The lowest BCUT2D eigenvalue weighted by Gasteiger charge is -2.17. The summed E-state index contributed by atoms with van der Waals surface area (Å²) in [7, 11) is 0. The summed E-state index contributed by atoms with van der Waals surface area (Å²) in [5, 5.41) is 11.7. The van der Waals surface area contributed by atoms with E-state index in [4.69, 9.17) is 19.4 Å². The van der Waals surface area contributed by atoms with Crippen LogP contribution in [-0.4, -0.2) is 23.2 Å². The zero-order valence-electron chi connectivity index (χ0n) is 29.3. The molecule has 0 spiro atoms. The van der Waals surface area contributed by atoms with Crippen LogP contribution in [0, 0.1) is 0 Å². The van der Waals surface area contributed by atoms with Crippen LogP contribution >= 0.6 is 24.8 Å². The molecule has 0 fully saturated rings. The molecule has 0 bridgehead atoms. The van der Waals surface area contributed by atoms with E-state index in [-0.39, 0.29) is 24.8 Å². The summed E-state index contributed by atoms with van der Waals surface area (Å²) in [6, 6.07) is 49.4. The lowest BCUT2D eigenvalue weighted by molar-refractivity contribution is 0.295. The van der Waals surface area contributed by atoms with Gasteiger partial charge in [-0.1, -0.05) is 116 Å². The molecule has 0 aliphatic carbocycles. The van der Waals surface area contributed by atoms with Crippen LogP contribution in [0.25, 0.3) is 43.6 Å². The Hall–Kier alpha value is -5.56. The highest BCUT2D eigenvalue weighted by Crippen LogP contribution is 2.37. The third-order valence-electron chi connectivity index (χ3n) is 9.27. The summed E-state index contributed by atoms with van der Waals surface area (Å²) in [6.07, 6.45) is 5.34. The number of para-hydroxylation sites is 8. The van der Waals surface area contributed by atoms with Gasteiger partial charge in [0.2, 0.25) is 0 Å². The van der Waals surface area contributed by atoms with Gasteiger partial charge in [0.25, 0.3) is 0 Å². The molecule has 0 saturated heterocycles. The Morgan fingerprint density at radius 1 is 0.358 bits per heavy atom. The number of nitrogens with zero attached hydrogens (tertiary/aromatic N) is 2. The number of rotatable bonds is 14. The van der Waals surface area contributed by atoms with Crippen LogP contribution in [0.4, 0.5) is 22.7 Å². The molecule has 6 aromatic carbocycles. The van der Waals surface area contributed by atoms with Crippen molar-refractivity contribution >= 4 is 91.2 Å². The molecule has 0 amide bonds. The van der Waals surface area contributed by atoms with Crippen LogP contribution in [0.3, 0.4) is 0 Å². The molecule has 0 atom stereocenters. The summed E-state index contributed by atoms with van der Waals surface area (Å²) < 4.78 is 12.6. The molecular weight excluding hydrogens is 699 g/mol. The van der Waals surface area contributed by atoms with Crippen LogP contribution < -0.4 is 20.1 Å². The number of halogens is 2. The number of hydrogen-bond acceptors (Lipinski definition) is 6. The van der Waals surface area contributed by atoms with Gasteiger partial charge in [-0.15, -0.1) is 24.8 Å². The number of unbranched alkanes of at least 4 members (excludes halogenated alkanes) is 4. The zero-order valence-corrected chi connectivity index (χ0v) is 31.0. The van der Waals surface area contributed by atoms with Crippen molar-refractivity contribution in [3.63, 3.8) is 0 Å². The maximum Gasteiger partial charge on any atom is 0.142 e. The normalized spacial score (nSPS) is 10.9. The molecule has 8 aromatic rings. The summed E-state index contributed by atoms with van der Waals surface area (Å²) in [5.41, 5.74) is 7.88. The van der Waals surface area contributed by atoms with Crippen molar-refractivity contribution in [2.24, 2.45) is 0 Å². The second-order valence-electron chi connectivity index (χ2n) is 12.7. The molecule has 0 aliphatic rings. The second kappa shape index (κ2) is 17.8. The zero-order chi connectivity index (χ0) is 34.2. The number of nitrogens with one attached hydrogen (secondary N) is 2. The molecule has 8 rings (SSSR count). The Morgan fingerprint density at radius 2 is 0.660 bits per heavy atom. The number of hydrogen-bond donors (Lipinski definition) is 2. The highest BCUT2D eigenvalue weighted by Gasteiger charge is 2.13. The minimum absolute atomic E-state index is 0. The highest BCUT2D eigenvalue weighted by atomic mass is 35.5. The number of aromatic nitrogens is 2. The average molecular weight is 742 g/mol. The van der Waals surface area contributed by atoms with Crippen LogP contribution in [0.1, 0.15) is 32.1 Å². The Kier molecular flexibility index (Phi) is 12.5. The van der Waals surface area contributed by atoms with E-state index >= 15 is 0 Å². The van der Waals surface area contributed by atoms with Gasteiger partial charge in [-0.25, -0.2) is 9.97 Å². The summed E-state index contributed by atoms with van der Waals surface area (Å²) in [6.45, 7) is 1.34. The first-order valence-electron chi connectivity index (χ1n) is 17.8. The van der Waals surface area contributed by atoms with Gasteiger partial charge in [-0.2, -0.15) is 0 Å². The minimum atomic E-state index is 0. The van der Waals surface area contributed by atoms with Gasteiger partial charge >= 0.3 is 0 Å². The Labute approximate surface area is 322 Å². The van der Waals surface area contributed by atoms with Gasteiger partial charge < -0.3 is 20.1 Å². The first kappa shape index (κ1) is 37.2. The monoisotopic (exact) mass is 740 g/mol. The van der Waals surface area contributed by atoms with E-state index in [1.807, 2.05) is 60.7 Å². The van der Waals surface area contributed by atoms with E-state index in [0.717, 1.165) is 110 Å². The molecular formula is C45H42Cl2N4O2. The predicted molar refractivity (Wildman–Crippen MR) is 227 cm³/mol. The van der Waals surface area contributed by atoms with Gasteiger partial charge in [0.15, 0.2) is 0 Å². The van der Waals surface area contributed by atoms with Crippen molar-refractivity contribution in [3.05, 3.63) is 146 Å². The lowest BCUT2D eigenvalue weighted by Crippen LogP contribution is -2.03. The van der Waals surface area contributed by atoms with Crippen molar-refractivity contribution in [3.8, 4) is 11.5 Å². The molecule has 6 nitrogen and oxygen atoms in total. The quantitative estimate of drug-likeness (QED) is 0.0854. The number of pyridine rings is 2. The maximum absolute atomic E-state index is 6.32. The minimum Gasteiger partial charge on any atom is -0.491 e. The fraction of sp³-hybridized carbons (Fsp3) is 0.156. The average Bonchev–Trinajstić information content (AvgIpc) is 3.18. The van der Waals surface area contributed by atoms with Crippen LogP contribution in [0.5, 0.6) is 11.5 Å². The molecule has 0 aliphatic heterocycles. The largest absolute Gasteiger partial charge is 0.491 e. The molecule has 2 N–H and O–H groups in total. The van der Waals surface area contributed by atoms with E-state index in [1.54, 1.807) is 0 Å². The molecule has 8 heteroatoms. The third kappa shape index (κ3) is 8.41. The molecule has 2 heterocycles. The fourth-order valence-electron chi connectivity index (χ4n) is 6.71. The van der Waals surface area contributed by atoms with E-state index in [0.29, 0.717) is 13.2 Å². The van der Waals surface area contributed by atoms with E-state index in [9.17, 15) is 0 Å². The maximum atomic E-state index is 6.32. The van der Waals surface area contributed by atoms with Crippen LogP contribution in [0.15, 0.2) is 146 Å². The molecule has 0 unspecified atom stereocenters. The van der Waals surface area contributed by atoms with Gasteiger partial charge in [-0.05, 0) is 61.4 Å². The Bertz CT molecular complexity index is 2180. The van der Waals surface area contributed by atoms with Crippen LogP contribution in [-0.2, 0) is 0 Å². The molecule has 2 aromatic heterocycles. The van der Waals surface area contributed by atoms with Crippen molar-refractivity contribution in [1.29, 1.82) is 0 Å². The number of fused-ring (bicyclic) bond motifs is 4. The van der Waals surface area contributed by atoms with Crippen molar-refractivity contribution in [2.45, 2.75) is 32.1 Å². The smallest absolute Gasteiger partial charge is 0.142 e. The number of ether oxygens (including phenoxy) is 2. The summed E-state index contributed by atoms with van der Waals surface area (Å²) in [4.78, 5) is 9.74. The summed E-state index contributed by atoms with van der Waals surface area (Å²) in [5.74, 6) is 1.71. The SMILES string of the molecule is Cl.Cl.c1ccc(OCCCCCCCOc2ccccc2Nc2c3ccccc3nc3ccccc23)c(Nc2c3ccccc3nc3ccccc23)c1. The first-order chi connectivity index (χ1) is 25.3. The van der Waals surface area contributed by atoms with Crippen molar-refractivity contribution < 1.29 is 9.47 Å². The van der Waals surface area contributed by atoms with Gasteiger partial charge in [-0.3, -0.25) is 0 Å². The lowest BCUT2D eigenvalue weighted by atomic mass is 10.1. The molecule has 268 valence electrons. The standard InChI is InChI=1S/C45H40N4O2.2ClH/c1(2-16-30-50-42-28-14-12-26-40(42)48-44-32-18-4-8-22-36(32)46-37-23-9-5-19-33(37)44)3-17-31-51-43-29-15-13-27-41(43)49-45-34-20-6-10-24-38(34)47-39-25-11-7-21-35(39)45;;/h4-15,18-29H,1-3,16-17,30-31H2,(H,46,48)(H,47,49);2*1H. The van der Waals surface area contributed by atoms with Crippen molar-refractivity contribution in [2.75, 3.05) is 23.8 Å². The molecule has 0 radical (unpaired) electrons. The first-order valence-corrected chi connectivity index (χ1v) is 17.8. The summed E-state index contributed by atoms with van der Waals surface area (Å²) >= 11 is 0. The molecule has 53 heavy (non-hydrogen) atoms. The topological polar surface area (TPSA) is 68.3 Å². The Morgan fingerprint density at radius 3 is 1.04 bits per heavy atom. The van der Waals surface area contributed by atoms with Gasteiger partial charge in [0.05, 0.1) is 58.0 Å². The number of benzene rings is 6. The third-order valence-corrected chi connectivity index (χ3v) is 9.27. The molecule has 0 saturated carbocycles. The Balaban J connectivity index is 0.00000240. The number of anilines is 4.